The third-order valence-electron chi connectivity index (χ3n) is 2.43. The summed E-state index contributed by atoms with van der Waals surface area (Å²) in [5.74, 6) is 0.259. The predicted molar refractivity (Wildman–Crippen MR) is 83.4 cm³/mol. The molecule has 2 rings (SSSR count). The predicted octanol–water partition coefficient (Wildman–Crippen LogP) is 3.18. The fraction of sp³-hybridized carbons (Fsp3) is 0.0714. The first-order chi connectivity index (χ1) is 10.0. The summed E-state index contributed by atoms with van der Waals surface area (Å²) in [6, 6.07) is 12.5. The van der Waals surface area contributed by atoms with Crippen LogP contribution < -0.4 is 9.47 Å². The number of halogens is 1. The molecule has 0 fully saturated rings. The Balaban J connectivity index is 1.87. The van der Waals surface area contributed by atoms with E-state index in [1.807, 2.05) is 6.07 Å². The number of non-ortho nitro benzene ring substituents is 1. The van der Waals surface area contributed by atoms with Gasteiger partial charge in [-0.1, -0.05) is 6.07 Å². The molecule has 0 saturated heterocycles. The molecule has 0 aliphatic carbocycles. The number of carbonyl (C=O) groups excluding carboxylic acids is 1. The van der Waals surface area contributed by atoms with E-state index in [9.17, 15) is 14.9 Å². The van der Waals surface area contributed by atoms with Crippen molar-refractivity contribution in [2.45, 2.75) is 0 Å². The molecule has 0 unspecified atom stereocenters. The number of nitro benzene ring substituents is 1. The SMILES string of the molecule is O=C(COc1ccc([N+](=O)[O-])cc1)Oc1cccc(I)c1. The van der Waals surface area contributed by atoms with Crippen molar-refractivity contribution in [1.29, 1.82) is 0 Å². The van der Waals surface area contributed by atoms with Crippen LogP contribution in [-0.4, -0.2) is 17.5 Å². The van der Waals surface area contributed by atoms with Crippen molar-refractivity contribution in [3.8, 4) is 11.5 Å². The standard InChI is InChI=1S/C14H10INO5/c15-10-2-1-3-13(8-10)21-14(17)9-20-12-6-4-11(5-7-12)16(18)19/h1-8H,9H2. The van der Waals surface area contributed by atoms with Crippen LogP contribution in [-0.2, 0) is 4.79 Å². The van der Waals surface area contributed by atoms with E-state index in [2.05, 4.69) is 22.6 Å². The Morgan fingerprint density at radius 2 is 1.86 bits per heavy atom. The molecule has 6 nitrogen and oxygen atoms in total. The fourth-order valence-electron chi connectivity index (χ4n) is 1.50. The molecule has 0 radical (unpaired) electrons. The van der Waals surface area contributed by atoms with Gasteiger partial charge in [0, 0.05) is 15.7 Å². The number of hydrogen-bond acceptors (Lipinski definition) is 5. The van der Waals surface area contributed by atoms with Gasteiger partial charge in [0.05, 0.1) is 4.92 Å². The second kappa shape index (κ2) is 7.02. The van der Waals surface area contributed by atoms with Gasteiger partial charge in [0.25, 0.3) is 5.69 Å². The van der Waals surface area contributed by atoms with Crippen LogP contribution in [0.1, 0.15) is 0 Å². The summed E-state index contributed by atoms with van der Waals surface area (Å²) in [5, 5.41) is 10.5. The van der Waals surface area contributed by atoms with Crippen LogP contribution in [0.5, 0.6) is 11.5 Å². The van der Waals surface area contributed by atoms with Crippen LogP contribution in [0, 0.1) is 13.7 Å². The van der Waals surface area contributed by atoms with Crippen LogP contribution in [0.2, 0.25) is 0 Å². The fourth-order valence-corrected chi connectivity index (χ4v) is 2.01. The molecular formula is C14H10INO5. The highest BCUT2D eigenvalue weighted by Crippen LogP contribution is 2.18. The van der Waals surface area contributed by atoms with Crippen molar-refractivity contribution >= 4 is 34.2 Å². The molecule has 21 heavy (non-hydrogen) atoms. The largest absolute Gasteiger partial charge is 0.482 e. The minimum atomic E-state index is -0.546. The molecule has 7 heteroatoms. The molecule has 2 aromatic carbocycles. The average molecular weight is 399 g/mol. The number of nitrogens with zero attached hydrogens (tertiary/aromatic N) is 1. The van der Waals surface area contributed by atoms with Crippen LogP contribution in [0.4, 0.5) is 5.69 Å². The Morgan fingerprint density at radius 3 is 2.48 bits per heavy atom. The van der Waals surface area contributed by atoms with Crippen molar-refractivity contribution in [3.05, 3.63) is 62.2 Å². The Labute approximate surface area is 134 Å². The third kappa shape index (κ3) is 4.71. The Bertz CT molecular complexity index is 657. The number of esters is 1. The van der Waals surface area contributed by atoms with Crippen molar-refractivity contribution in [2.24, 2.45) is 0 Å². The zero-order valence-corrected chi connectivity index (χ0v) is 12.8. The van der Waals surface area contributed by atoms with Gasteiger partial charge >= 0.3 is 5.97 Å². The second-order valence-electron chi connectivity index (χ2n) is 3.97. The van der Waals surface area contributed by atoms with Crippen LogP contribution in [0.15, 0.2) is 48.5 Å². The van der Waals surface area contributed by atoms with Gasteiger partial charge in [0.2, 0.25) is 0 Å². The zero-order chi connectivity index (χ0) is 15.2. The van der Waals surface area contributed by atoms with Gasteiger partial charge in [-0.15, -0.1) is 0 Å². The monoisotopic (exact) mass is 399 g/mol. The highest BCUT2D eigenvalue weighted by molar-refractivity contribution is 14.1. The number of ether oxygens (including phenoxy) is 2. The molecule has 0 saturated carbocycles. The smallest absolute Gasteiger partial charge is 0.349 e. The molecule has 0 heterocycles. The lowest BCUT2D eigenvalue weighted by Gasteiger charge is -2.06. The van der Waals surface area contributed by atoms with Gasteiger partial charge in [-0.05, 0) is 52.9 Å². The number of hydrogen-bond donors (Lipinski definition) is 0. The normalized spacial score (nSPS) is 9.95. The van der Waals surface area contributed by atoms with Gasteiger partial charge in [-0.25, -0.2) is 4.79 Å². The molecular weight excluding hydrogens is 389 g/mol. The summed E-state index contributed by atoms with van der Waals surface area (Å²) in [6.45, 7) is -0.275. The van der Waals surface area contributed by atoms with Crippen molar-refractivity contribution < 1.29 is 19.2 Å². The first-order valence-electron chi connectivity index (χ1n) is 5.88. The highest BCUT2D eigenvalue weighted by Gasteiger charge is 2.08. The molecule has 0 atom stereocenters. The number of rotatable bonds is 5. The van der Waals surface area contributed by atoms with Crippen LogP contribution in [0.25, 0.3) is 0 Å². The maximum Gasteiger partial charge on any atom is 0.349 e. The van der Waals surface area contributed by atoms with Crippen molar-refractivity contribution in [1.82, 2.24) is 0 Å². The van der Waals surface area contributed by atoms with Gasteiger partial charge < -0.3 is 9.47 Å². The van der Waals surface area contributed by atoms with E-state index < -0.39 is 10.9 Å². The van der Waals surface area contributed by atoms with Crippen molar-refractivity contribution in [3.63, 3.8) is 0 Å². The minimum absolute atomic E-state index is 0.0382. The first kappa shape index (κ1) is 15.2. The second-order valence-corrected chi connectivity index (χ2v) is 5.22. The molecule has 2 aromatic rings. The summed E-state index contributed by atoms with van der Waals surface area (Å²) < 4.78 is 11.3. The Hall–Kier alpha value is -2.16. The Morgan fingerprint density at radius 1 is 1.14 bits per heavy atom. The first-order valence-corrected chi connectivity index (χ1v) is 6.96. The molecule has 0 aliphatic heterocycles. The molecule has 0 N–H and O–H groups in total. The van der Waals surface area contributed by atoms with E-state index in [0.29, 0.717) is 11.5 Å². The topological polar surface area (TPSA) is 78.7 Å². The van der Waals surface area contributed by atoms with Gasteiger partial charge in [0.15, 0.2) is 6.61 Å². The summed E-state index contributed by atoms with van der Waals surface area (Å²) in [5.41, 5.74) is -0.0382. The number of benzene rings is 2. The lowest BCUT2D eigenvalue weighted by atomic mass is 10.3. The molecule has 0 spiro atoms. The van der Waals surface area contributed by atoms with E-state index >= 15 is 0 Å². The molecule has 0 amide bonds. The van der Waals surface area contributed by atoms with E-state index in [-0.39, 0.29) is 12.3 Å². The van der Waals surface area contributed by atoms with E-state index in [4.69, 9.17) is 9.47 Å². The van der Waals surface area contributed by atoms with Crippen LogP contribution in [0.3, 0.4) is 0 Å². The maximum atomic E-state index is 11.6. The van der Waals surface area contributed by atoms with Crippen molar-refractivity contribution in [2.75, 3.05) is 6.61 Å². The third-order valence-corrected chi connectivity index (χ3v) is 3.10. The van der Waals surface area contributed by atoms with E-state index in [1.54, 1.807) is 18.2 Å². The van der Waals surface area contributed by atoms with E-state index in [0.717, 1.165) is 3.57 Å². The van der Waals surface area contributed by atoms with Gasteiger partial charge in [-0.3, -0.25) is 10.1 Å². The van der Waals surface area contributed by atoms with Gasteiger partial charge in [0.1, 0.15) is 11.5 Å². The van der Waals surface area contributed by atoms with Gasteiger partial charge in [-0.2, -0.15) is 0 Å². The van der Waals surface area contributed by atoms with E-state index in [1.165, 1.54) is 24.3 Å². The maximum absolute atomic E-state index is 11.6. The molecule has 0 aromatic heterocycles. The number of nitro groups is 1. The minimum Gasteiger partial charge on any atom is -0.482 e. The zero-order valence-electron chi connectivity index (χ0n) is 10.7. The van der Waals surface area contributed by atoms with Crippen LogP contribution >= 0.6 is 22.6 Å². The summed E-state index contributed by atoms with van der Waals surface area (Å²) in [7, 11) is 0. The quantitative estimate of drug-likeness (QED) is 0.254. The summed E-state index contributed by atoms with van der Waals surface area (Å²) in [6.07, 6.45) is 0. The number of carbonyl (C=O) groups is 1. The Kier molecular flexibility index (Phi) is 5.09. The summed E-state index contributed by atoms with van der Waals surface area (Å²) >= 11 is 2.11. The average Bonchev–Trinajstić information content (AvgIpc) is 2.45. The highest BCUT2D eigenvalue weighted by atomic mass is 127. The molecule has 0 bridgehead atoms. The lowest BCUT2D eigenvalue weighted by Crippen LogP contribution is -2.17. The molecule has 0 aliphatic rings. The summed E-state index contributed by atoms with van der Waals surface area (Å²) in [4.78, 5) is 21.6. The lowest BCUT2D eigenvalue weighted by molar-refractivity contribution is -0.384. The molecule has 108 valence electrons.